The smallest absolute Gasteiger partial charge is 0.334 e. The molecule has 92 valence electrons. The number of carboxylic acids is 1. The minimum absolute atomic E-state index is 0.156. The lowest BCUT2D eigenvalue weighted by Crippen LogP contribution is -2.14. The Morgan fingerprint density at radius 2 is 1.62 bits per heavy atom. The third-order valence-electron chi connectivity index (χ3n) is 2.31. The van der Waals surface area contributed by atoms with E-state index in [1.807, 2.05) is 6.92 Å². The molecule has 0 atom stereocenters. The van der Waals surface area contributed by atoms with Crippen LogP contribution in [0.1, 0.15) is 46.5 Å². The molecular weight excluding hydrogens is 208 g/mol. The molecule has 0 bridgehead atoms. The van der Waals surface area contributed by atoms with Gasteiger partial charge in [-0.15, -0.1) is 0 Å². The summed E-state index contributed by atoms with van der Waals surface area (Å²) in [7, 11) is 0. The fraction of sp³-hybridized carbons (Fsp3) is 0.667. The van der Waals surface area contributed by atoms with E-state index in [1.165, 1.54) is 0 Å². The molecule has 0 unspecified atom stereocenters. The van der Waals surface area contributed by atoms with Gasteiger partial charge in [0.25, 0.3) is 0 Å². The molecule has 0 aliphatic heterocycles. The number of unbranched alkanes of at least 4 members (excludes halogenated alkanes) is 1. The van der Waals surface area contributed by atoms with Crippen molar-refractivity contribution in [1.29, 1.82) is 0 Å². The zero-order chi connectivity index (χ0) is 12.6. The summed E-state index contributed by atoms with van der Waals surface area (Å²) in [6, 6.07) is 0. The maximum atomic E-state index is 11.6. The number of hydrogen-bond donors (Lipinski definition) is 1. The number of hydrogen-bond acceptors (Lipinski definition) is 3. The van der Waals surface area contributed by atoms with E-state index in [9.17, 15) is 9.59 Å². The van der Waals surface area contributed by atoms with Crippen molar-refractivity contribution in [1.82, 2.24) is 0 Å². The lowest BCUT2D eigenvalue weighted by atomic mass is 10.0. The van der Waals surface area contributed by atoms with Crippen molar-refractivity contribution in [2.24, 2.45) is 0 Å². The number of carbonyl (C=O) groups is 2. The first-order valence-corrected chi connectivity index (χ1v) is 5.70. The van der Waals surface area contributed by atoms with Crippen molar-refractivity contribution in [3.8, 4) is 0 Å². The average Bonchev–Trinajstić information content (AvgIpc) is 2.25. The first kappa shape index (κ1) is 14.7. The maximum Gasteiger partial charge on any atom is 0.334 e. The largest absolute Gasteiger partial charge is 0.478 e. The highest BCUT2D eigenvalue weighted by molar-refractivity contribution is 5.99. The van der Waals surface area contributed by atoms with Crippen LogP contribution in [0.3, 0.4) is 0 Å². The van der Waals surface area contributed by atoms with E-state index in [0.717, 1.165) is 12.8 Å². The number of carboxylic acid groups (broad SMARTS) is 1. The first-order valence-electron chi connectivity index (χ1n) is 5.70. The zero-order valence-corrected chi connectivity index (χ0v) is 10.2. The van der Waals surface area contributed by atoms with E-state index in [1.54, 1.807) is 13.8 Å². The summed E-state index contributed by atoms with van der Waals surface area (Å²) in [6.45, 7) is 5.84. The number of rotatable bonds is 7. The quantitative estimate of drug-likeness (QED) is 0.413. The molecule has 0 spiro atoms. The van der Waals surface area contributed by atoms with Gasteiger partial charge in [-0.2, -0.15) is 0 Å². The molecule has 0 aliphatic carbocycles. The van der Waals surface area contributed by atoms with E-state index in [0.29, 0.717) is 19.4 Å². The Bertz CT molecular complexity index is 279. The number of aliphatic carboxylic acids is 1. The Balaban J connectivity index is 4.69. The second-order valence-electron chi connectivity index (χ2n) is 3.46. The van der Waals surface area contributed by atoms with Gasteiger partial charge in [0.1, 0.15) is 0 Å². The van der Waals surface area contributed by atoms with Crippen molar-refractivity contribution in [2.75, 3.05) is 6.61 Å². The van der Waals surface area contributed by atoms with Crippen molar-refractivity contribution < 1.29 is 19.4 Å². The third kappa shape index (κ3) is 4.47. The monoisotopic (exact) mass is 228 g/mol. The molecule has 4 heteroatoms. The highest BCUT2D eigenvalue weighted by Crippen LogP contribution is 2.14. The summed E-state index contributed by atoms with van der Waals surface area (Å²) in [5.41, 5.74) is 0.440. The summed E-state index contributed by atoms with van der Waals surface area (Å²) in [6.07, 6.45) is 2.47. The molecule has 0 aliphatic rings. The van der Waals surface area contributed by atoms with Gasteiger partial charge in [0.15, 0.2) is 0 Å². The van der Waals surface area contributed by atoms with E-state index in [-0.39, 0.29) is 11.1 Å². The van der Waals surface area contributed by atoms with Gasteiger partial charge in [-0.1, -0.05) is 27.2 Å². The number of carbonyl (C=O) groups excluding carboxylic acids is 1. The molecule has 0 fully saturated rings. The van der Waals surface area contributed by atoms with Crippen LogP contribution in [0, 0.1) is 0 Å². The molecule has 0 saturated heterocycles. The number of ether oxygens (including phenoxy) is 1. The first-order chi connectivity index (χ1) is 7.58. The molecule has 0 amide bonds. The van der Waals surface area contributed by atoms with E-state index < -0.39 is 11.9 Å². The van der Waals surface area contributed by atoms with Crippen molar-refractivity contribution in [2.45, 2.75) is 46.5 Å². The van der Waals surface area contributed by atoms with E-state index >= 15 is 0 Å². The van der Waals surface area contributed by atoms with Crippen LogP contribution in [-0.2, 0) is 14.3 Å². The molecule has 0 rings (SSSR count). The summed E-state index contributed by atoms with van der Waals surface area (Å²) >= 11 is 0. The molecule has 0 aromatic carbocycles. The maximum absolute atomic E-state index is 11.6. The summed E-state index contributed by atoms with van der Waals surface area (Å²) in [5.74, 6) is -1.53. The lowest BCUT2D eigenvalue weighted by Gasteiger charge is -2.09. The minimum Gasteiger partial charge on any atom is -0.478 e. The van der Waals surface area contributed by atoms with Crippen molar-refractivity contribution >= 4 is 11.9 Å². The van der Waals surface area contributed by atoms with Gasteiger partial charge >= 0.3 is 11.9 Å². The van der Waals surface area contributed by atoms with E-state index in [2.05, 4.69) is 0 Å². The highest BCUT2D eigenvalue weighted by atomic mass is 16.5. The summed E-state index contributed by atoms with van der Waals surface area (Å²) < 4.78 is 5.01. The molecule has 0 aromatic heterocycles. The Hall–Kier alpha value is -1.32. The standard InChI is InChI=1S/C12H20O4/c1-4-7-8-16-12(15)10(6-3)9(5-2)11(13)14/h4-8H2,1-3H3,(H,13,14)/b10-9-. The van der Waals surface area contributed by atoms with Crippen molar-refractivity contribution in [3.05, 3.63) is 11.1 Å². The molecule has 16 heavy (non-hydrogen) atoms. The van der Waals surface area contributed by atoms with Crippen LogP contribution >= 0.6 is 0 Å². The minimum atomic E-state index is -1.04. The van der Waals surface area contributed by atoms with Gasteiger partial charge in [-0.25, -0.2) is 9.59 Å². The fourth-order valence-corrected chi connectivity index (χ4v) is 1.37. The van der Waals surface area contributed by atoms with Crippen LogP contribution in [0.5, 0.6) is 0 Å². The van der Waals surface area contributed by atoms with Gasteiger partial charge in [0, 0.05) is 11.1 Å². The van der Waals surface area contributed by atoms with Crippen LogP contribution in [0.2, 0.25) is 0 Å². The normalized spacial score (nSPS) is 11.9. The molecule has 4 nitrogen and oxygen atoms in total. The topological polar surface area (TPSA) is 63.6 Å². The highest BCUT2D eigenvalue weighted by Gasteiger charge is 2.18. The fourth-order valence-electron chi connectivity index (χ4n) is 1.37. The molecule has 0 aromatic rings. The van der Waals surface area contributed by atoms with Gasteiger partial charge < -0.3 is 9.84 Å². The van der Waals surface area contributed by atoms with Crippen LogP contribution in [0.4, 0.5) is 0 Å². The van der Waals surface area contributed by atoms with Crippen LogP contribution in [-0.4, -0.2) is 23.7 Å². The van der Waals surface area contributed by atoms with Gasteiger partial charge in [-0.3, -0.25) is 0 Å². The summed E-state index contributed by atoms with van der Waals surface area (Å²) in [5, 5.41) is 8.93. The Morgan fingerprint density at radius 3 is 2.00 bits per heavy atom. The molecular formula is C12H20O4. The van der Waals surface area contributed by atoms with Crippen LogP contribution < -0.4 is 0 Å². The molecule has 0 saturated carbocycles. The predicted molar refractivity (Wildman–Crippen MR) is 61.1 cm³/mol. The Morgan fingerprint density at radius 1 is 1.06 bits per heavy atom. The van der Waals surface area contributed by atoms with Gasteiger partial charge in [0.05, 0.1) is 6.61 Å². The van der Waals surface area contributed by atoms with Crippen molar-refractivity contribution in [3.63, 3.8) is 0 Å². The lowest BCUT2D eigenvalue weighted by molar-refractivity contribution is -0.140. The predicted octanol–water partition coefficient (Wildman–Crippen LogP) is 2.53. The number of esters is 1. The Kier molecular flexibility index (Phi) is 7.25. The zero-order valence-electron chi connectivity index (χ0n) is 10.2. The molecule has 0 radical (unpaired) electrons. The molecule has 0 heterocycles. The van der Waals surface area contributed by atoms with Crippen LogP contribution in [0.15, 0.2) is 11.1 Å². The Labute approximate surface area is 96.3 Å². The summed E-state index contributed by atoms with van der Waals surface area (Å²) in [4.78, 5) is 22.5. The average molecular weight is 228 g/mol. The third-order valence-corrected chi connectivity index (χ3v) is 2.31. The SMILES string of the molecule is CCCCOC(=O)/C(CC)=C(/CC)C(=O)O. The van der Waals surface area contributed by atoms with E-state index in [4.69, 9.17) is 9.84 Å². The van der Waals surface area contributed by atoms with Gasteiger partial charge in [0.2, 0.25) is 0 Å². The van der Waals surface area contributed by atoms with Crippen LogP contribution in [0.25, 0.3) is 0 Å². The molecule has 1 N–H and O–H groups in total. The second kappa shape index (κ2) is 7.91. The van der Waals surface area contributed by atoms with Gasteiger partial charge in [-0.05, 0) is 19.3 Å². The second-order valence-corrected chi connectivity index (χ2v) is 3.46.